The molecule has 2 rings (SSSR count). The Bertz CT molecular complexity index is 470. The smallest absolute Gasteiger partial charge is 0.211 e. The molecule has 1 fully saturated rings. The van der Waals surface area contributed by atoms with Crippen molar-refractivity contribution in [3.05, 3.63) is 22.4 Å². The molecule has 0 amide bonds. The summed E-state index contributed by atoms with van der Waals surface area (Å²) in [4.78, 5) is 0. The van der Waals surface area contributed by atoms with Crippen LogP contribution in [0.25, 0.3) is 0 Å². The van der Waals surface area contributed by atoms with E-state index < -0.39 is 10.0 Å². The molecule has 2 heterocycles. The van der Waals surface area contributed by atoms with Crippen molar-refractivity contribution < 1.29 is 8.42 Å². The maximum atomic E-state index is 11.4. The first kappa shape index (κ1) is 14.0. The van der Waals surface area contributed by atoms with Crippen LogP contribution >= 0.6 is 11.3 Å². The molecule has 1 aliphatic rings. The normalized spacial score (nSPS) is 23.3. The zero-order valence-corrected chi connectivity index (χ0v) is 12.4. The van der Waals surface area contributed by atoms with Gasteiger partial charge in [-0.2, -0.15) is 11.3 Å². The van der Waals surface area contributed by atoms with E-state index >= 15 is 0 Å². The van der Waals surface area contributed by atoms with E-state index in [1.165, 1.54) is 11.8 Å². The van der Waals surface area contributed by atoms with Crippen LogP contribution in [0, 0.1) is 5.92 Å². The molecule has 0 spiro atoms. The van der Waals surface area contributed by atoms with Gasteiger partial charge in [0, 0.05) is 19.1 Å². The molecule has 4 nitrogen and oxygen atoms in total. The van der Waals surface area contributed by atoms with Gasteiger partial charge in [0.05, 0.1) is 6.26 Å². The molecular formula is C12H20N2O2S2. The average molecular weight is 288 g/mol. The molecule has 0 aromatic carbocycles. The third-order valence-corrected chi connectivity index (χ3v) is 5.44. The highest BCUT2D eigenvalue weighted by atomic mass is 32.2. The second-order valence-electron chi connectivity index (χ2n) is 4.96. The fraction of sp³-hybridized carbons (Fsp3) is 0.667. The fourth-order valence-corrected chi connectivity index (χ4v) is 3.92. The van der Waals surface area contributed by atoms with Crippen LogP contribution in [-0.4, -0.2) is 38.6 Å². The van der Waals surface area contributed by atoms with Crippen LogP contribution in [0.5, 0.6) is 0 Å². The van der Waals surface area contributed by atoms with Crippen LogP contribution in [0.3, 0.4) is 0 Å². The molecule has 1 saturated heterocycles. The zero-order chi connectivity index (χ0) is 13.2. The molecule has 102 valence electrons. The Balaban J connectivity index is 1.79. The monoisotopic (exact) mass is 288 g/mol. The summed E-state index contributed by atoms with van der Waals surface area (Å²) >= 11 is 1.70. The first-order chi connectivity index (χ1) is 8.47. The lowest BCUT2D eigenvalue weighted by Crippen LogP contribution is -2.30. The van der Waals surface area contributed by atoms with Crippen LogP contribution < -0.4 is 5.32 Å². The Kier molecular flexibility index (Phi) is 4.42. The molecule has 2 unspecified atom stereocenters. The molecule has 0 aliphatic carbocycles. The molecule has 0 radical (unpaired) electrons. The topological polar surface area (TPSA) is 49.4 Å². The second kappa shape index (κ2) is 5.69. The lowest BCUT2D eigenvalue weighted by atomic mass is 10.1. The van der Waals surface area contributed by atoms with Crippen molar-refractivity contribution in [3.8, 4) is 0 Å². The van der Waals surface area contributed by atoms with Crippen molar-refractivity contribution in [1.82, 2.24) is 9.62 Å². The molecule has 1 aromatic rings. The number of nitrogens with zero attached hydrogens (tertiary/aromatic N) is 1. The van der Waals surface area contributed by atoms with Gasteiger partial charge in [-0.3, -0.25) is 0 Å². The van der Waals surface area contributed by atoms with E-state index in [0.29, 0.717) is 25.0 Å². The number of thiophene rings is 1. The molecule has 18 heavy (non-hydrogen) atoms. The van der Waals surface area contributed by atoms with E-state index in [9.17, 15) is 8.42 Å². The number of rotatable bonds is 5. The number of sulfonamides is 1. The van der Waals surface area contributed by atoms with Gasteiger partial charge in [-0.15, -0.1) is 0 Å². The highest BCUT2D eigenvalue weighted by molar-refractivity contribution is 7.88. The first-order valence-electron chi connectivity index (χ1n) is 6.17. The van der Waals surface area contributed by atoms with E-state index in [1.807, 2.05) is 0 Å². The third kappa shape index (κ3) is 3.54. The van der Waals surface area contributed by atoms with E-state index in [2.05, 4.69) is 29.1 Å². The van der Waals surface area contributed by atoms with Gasteiger partial charge in [0.15, 0.2) is 0 Å². The number of hydrogen-bond donors (Lipinski definition) is 1. The van der Waals surface area contributed by atoms with E-state index in [4.69, 9.17) is 0 Å². The highest BCUT2D eigenvalue weighted by Crippen LogP contribution is 2.20. The van der Waals surface area contributed by atoms with Gasteiger partial charge >= 0.3 is 0 Å². The summed E-state index contributed by atoms with van der Waals surface area (Å²) in [5.74, 6) is 0.431. The van der Waals surface area contributed by atoms with Crippen LogP contribution in [-0.2, 0) is 10.0 Å². The summed E-state index contributed by atoms with van der Waals surface area (Å²) in [5.41, 5.74) is 1.30. The van der Waals surface area contributed by atoms with Crippen molar-refractivity contribution in [2.45, 2.75) is 19.4 Å². The van der Waals surface area contributed by atoms with Crippen LogP contribution in [0.4, 0.5) is 0 Å². The Morgan fingerprint density at radius 3 is 2.94 bits per heavy atom. The summed E-state index contributed by atoms with van der Waals surface area (Å²) in [6.45, 7) is 4.34. The summed E-state index contributed by atoms with van der Waals surface area (Å²) in [6, 6.07) is 2.46. The third-order valence-electron chi connectivity index (χ3n) is 3.47. The SMILES string of the molecule is CC(NCC1CCN(S(C)(=O)=O)C1)c1ccsc1. The maximum Gasteiger partial charge on any atom is 0.211 e. The summed E-state index contributed by atoms with van der Waals surface area (Å²) in [7, 11) is -3.01. The summed E-state index contributed by atoms with van der Waals surface area (Å²) in [6.07, 6.45) is 2.24. The predicted octanol–water partition coefficient (Wildman–Crippen LogP) is 1.68. The Hall–Kier alpha value is -0.430. The Labute approximate surface area is 113 Å². The van der Waals surface area contributed by atoms with Gasteiger partial charge in [0.2, 0.25) is 10.0 Å². The van der Waals surface area contributed by atoms with Crippen LogP contribution in [0.15, 0.2) is 16.8 Å². The van der Waals surface area contributed by atoms with Crippen molar-refractivity contribution >= 4 is 21.4 Å². The molecule has 0 saturated carbocycles. The van der Waals surface area contributed by atoms with Crippen molar-refractivity contribution in [2.24, 2.45) is 5.92 Å². The molecule has 1 N–H and O–H groups in total. The molecule has 1 aliphatic heterocycles. The fourth-order valence-electron chi connectivity index (χ4n) is 2.25. The molecular weight excluding hydrogens is 268 g/mol. The van der Waals surface area contributed by atoms with Gasteiger partial charge in [0.1, 0.15) is 0 Å². The average Bonchev–Trinajstić information content (AvgIpc) is 2.96. The minimum absolute atomic E-state index is 0.337. The van der Waals surface area contributed by atoms with Gasteiger partial charge in [-0.05, 0) is 48.2 Å². The lowest BCUT2D eigenvalue weighted by Gasteiger charge is -2.17. The van der Waals surface area contributed by atoms with E-state index in [1.54, 1.807) is 15.6 Å². The molecule has 0 bridgehead atoms. The maximum absolute atomic E-state index is 11.4. The van der Waals surface area contributed by atoms with Gasteiger partial charge in [0.25, 0.3) is 0 Å². The van der Waals surface area contributed by atoms with Gasteiger partial charge < -0.3 is 5.32 Å². The van der Waals surface area contributed by atoms with E-state index in [0.717, 1.165) is 13.0 Å². The van der Waals surface area contributed by atoms with Gasteiger partial charge in [-0.25, -0.2) is 12.7 Å². The highest BCUT2D eigenvalue weighted by Gasteiger charge is 2.28. The van der Waals surface area contributed by atoms with Crippen molar-refractivity contribution in [3.63, 3.8) is 0 Å². The first-order valence-corrected chi connectivity index (χ1v) is 8.96. The zero-order valence-electron chi connectivity index (χ0n) is 10.8. The second-order valence-corrected chi connectivity index (χ2v) is 7.72. The van der Waals surface area contributed by atoms with Crippen LogP contribution in [0.1, 0.15) is 24.9 Å². The van der Waals surface area contributed by atoms with Crippen molar-refractivity contribution in [1.29, 1.82) is 0 Å². The van der Waals surface area contributed by atoms with E-state index in [-0.39, 0.29) is 0 Å². The van der Waals surface area contributed by atoms with Gasteiger partial charge in [-0.1, -0.05) is 0 Å². The minimum Gasteiger partial charge on any atom is -0.310 e. The standard InChI is InChI=1S/C12H20N2O2S2/c1-10(12-4-6-17-9-12)13-7-11-3-5-14(8-11)18(2,15)16/h4,6,9-11,13H,3,5,7-8H2,1-2H3. The minimum atomic E-state index is -3.01. The van der Waals surface area contributed by atoms with Crippen LogP contribution in [0.2, 0.25) is 0 Å². The summed E-state index contributed by atoms with van der Waals surface area (Å²) < 4.78 is 24.4. The van der Waals surface area contributed by atoms with Crippen molar-refractivity contribution in [2.75, 3.05) is 25.9 Å². The molecule has 1 aromatic heterocycles. The molecule has 2 atom stereocenters. The Morgan fingerprint density at radius 1 is 1.61 bits per heavy atom. The largest absolute Gasteiger partial charge is 0.310 e. The lowest BCUT2D eigenvalue weighted by molar-refractivity contribution is 0.433. The summed E-state index contributed by atoms with van der Waals surface area (Å²) in [5, 5.41) is 7.71. The Morgan fingerprint density at radius 2 is 2.39 bits per heavy atom. The predicted molar refractivity (Wildman–Crippen MR) is 75.3 cm³/mol. The quantitative estimate of drug-likeness (QED) is 0.897. The number of hydrogen-bond acceptors (Lipinski definition) is 4. The number of nitrogens with one attached hydrogen (secondary N) is 1. The molecule has 6 heteroatoms.